The van der Waals surface area contributed by atoms with E-state index in [1.165, 1.54) is 63.0 Å². The zero-order valence-corrected chi connectivity index (χ0v) is 23.2. The Morgan fingerprint density at radius 2 is 1.33 bits per heavy atom. The molecule has 3 nitrogen and oxygen atoms in total. The predicted molar refractivity (Wildman–Crippen MR) is 155 cm³/mol. The third kappa shape index (κ3) is 6.72. The maximum Gasteiger partial charge on any atom is 0.0705 e. The normalized spacial score (nSPS) is 15.2. The molecule has 0 bridgehead atoms. The van der Waals surface area contributed by atoms with Gasteiger partial charge in [0.15, 0.2) is 0 Å². The van der Waals surface area contributed by atoms with Gasteiger partial charge in [-0.1, -0.05) is 24.3 Å². The summed E-state index contributed by atoms with van der Waals surface area (Å²) in [6.45, 7) is 20.0. The van der Waals surface area contributed by atoms with Crippen molar-refractivity contribution in [2.45, 2.75) is 60.9 Å². The summed E-state index contributed by atoms with van der Waals surface area (Å²) in [5.74, 6) is 0. The average molecular weight is 482 g/mol. The van der Waals surface area contributed by atoms with Gasteiger partial charge in [-0.3, -0.25) is 9.88 Å². The number of pyridine rings is 1. The molecule has 1 fully saturated rings. The molecule has 1 aromatic heterocycles. The van der Waals surface area contributed by atoms with Crippen molar-refractivity contribution in [1.82, 2.24) is 14.8 Å². The van der Waals surface area contributed by atoms with Crippen LogP contribution >= 0.6 is 0 Å². The second kappa shape index (κ2) is 12.0. The molecule has 0 radical (unpaired) electrons. The van der Waals surface area contributed by atoms with Crippen molar-refractivity contribution in [3.63, 3.8) is 0 Å². The van der Waals surface area contributed by atoms with Gasteiger partial charge in [0, 0.05) is 44.5 Å². The maximum absolute atomic E-state index is 4.67. The van der Waals surface area contributed by atoms with Gasteiger partial charge in [0.1, 0.15) is 0 Å². The number of nitrogens with zero attached hydrogens (tertiary/aromatic N) is 3. The van der Waals surface area contributed by atoms with Crippen LogP contribution in [0.3, 0.4) is 0 Å². The van der Waals surface area contributed by atoms with Gasteiger partial charge in [-0.05, 0) is 130 Å². The molecule has 190 valence electrons. The summed E-state index contributed by atoms with van der Waals surface area (Å²) in [5.41, 5.74) is 13.2. The summed E-state index contributed by atoms with van der Waals surface area (Å²) in [6, 6.07) is 13.6. The summed E-state index contributed by atoms with van der Waals surface area (Å²) in [7, 11) is 0. The van der Waals surface area contributed by atoms with Crippen LogP contribution in [0.1, 0.15) is 57.3 Å². The molecule has 1 aliphatic rings. The number of aromatic nitrogens is 1. The Bertz CT molecular complexity index is 1170. The first kappa shape index (κ1) is 26.3. The van der Waals surface area contributed by atoms with Crippen molar-refractivity contribution in [3.8, 4) is 11.3 Å². The number of benzene rings is 2. The summed E-state index contributed by atoms with van der Waals surface area (Å²) in [4.78, 5) is 9.89. The predicted octanol–water partition coefficient (Wildman–Crippen LogP) is 7.21. The molecule has 3 aromatic rings. The molecule has 3 heteroatoms. The minimum atomic E-state index is 1.01. The van der Waals surface area contributed by atoms with Gasteiger partial charge < -0.3 is 4.90 Å². The molecular formula is C33H43N3. The van der Waals surface area contributed by atoms with Crippen molar-refractivity contribution >= 4 is 6.08 Å². The van der Waals surface area contributed by atoms with Crippen LogP contribution in [0.25, 0.3) is 17.3 Å². The van der Waals surface area contributed by atoms with E-state index in [1.807, 2.05) is 6.20 Å². The van der Waals surface area contributed by atoms with Crippen LogP contribution in [-0.2, 0) is 6.54 Å². The van der Waals surface area contributed by atoms with E-state index in [0.29, 0.717) is 0 Å². The average Bonchev–Trinajstić information content (AvgIpc) is 2.86. The van der Waals surface area contributed by atoms with E-state index in [9.17, 15) is 0 Å². The Balaban J connectivity index is 1.22. The second-order valence-electron chi connectivity index (χ2n) is 10.7. The van der Waals surface area contributed by atoms with Crippen molar-refractivity contribution in [2.24, 2.45) is 0 Å². The highest BCUT2D eigenvalue weighted by Crippen LogP contribution is 2.24. The van der Waals surface area contributed by atoms with Gasteiger partial charge >= 0.3 is 0 Å². The first-order valence-electron chi connectivity index (χ1n) is 13.5. The highest BCUT2D eigenvalue weighted by molar-refractivity contribution is 5.63. The van der Waals surface area contributed by atoms with E-state index in [-0.39, 0.29) is 0 Å². The van der Waals surface area contributed by atoms with Crippen LogP contribution in [0.15, 0.2) is 48.7 Å². The standard InChI is InChI=1S/C33H43N3/c1-24-18-30(19-25(2)28(24)5)10-8-7-9-13-35-14-16-36(17-15-35)23-31-11-12-34-33(22-31)32-20-26(3)29(6)27(4)21-32/h8,10-12,18-22H,7,9,13-17,23H2,1-6H3/b10-8+. The van der Waals surface area contributed by atoms with Crippen molar-refractivity contribution in [3.05, 3.63) is 93.2 Å². The van der Waals surface area contributed by atoms with E-state index in [4.69, 9.17) is 0 Å². The fraction of sp³-hybridized carbons (Fsp3) is 0.424. The van der Waals surface area contributed by atoms with Crippen LogP contribution in [0.5, 0.6) is 0 Å². The molecule has 0 N–H and O–H groups in total. The first-order valence-corrected chi connectivity index (χ1v) is 13.5. The number of hydrogen-bond acceptors (Lipinski definition) is 3. The highest BCUT2D eigenvalue weighted by Gasteiger charge is 2.17. The van der Waals surface area contributed by atoms with Crippen molar-refractivity contribution in [2.75, 3.05) is 32.7 Å². The summed E-state index contributed by atoms with van der Waals surface area (Å²) >= 11 is 0. The quantitative estimate of drug-likeness (QED) is 0.317. The van der Waals surface area contributed by atoms with E-state index in [0.717, 1.165) is 44.8 Å². The van der Waals surface area contributed by atoms with E-state index in [2.05, 4.69) is 105 Å². The molecule has 0 saturated carbocycles. The van der Waals surface area contributed by atoms with Gasteiger partial charge in [0.2, 0.25) is 0 Å². The Labute approximate surface area is 218 Å². The van der Waals surface area contributed by atoms with Gasteiger partial charge in [0.25, 0.3) is 0 Å². The molecule has 1 aliphatic heterocycles. The van der Waals surface area contributed by atoms with E-state index in [1.54, 1.807) is 0 Å². The Morgan fingerprint density at radius 1 is 0.750 bits per heavy atom. The van der Waals surface area contributed by atoms with Crippen LogP contribution in [0, 0.1) is 41.5 Å². The van der Waals surface area contributed by atoms with Crippen molar-refractivity contribution < 1.29 is 0 Å². The molecule has 36 heavy (non-hydrogen) atoms. The van der Waals surface area contributed by atoms with Crippen molar-refractivity contribution in [1.29, 1.82) is 0 Å². The number of hydrogen-bond donors (Lipinski definition) is 0. The molecule has 1 saturated heterocycles. The zero-order chi connectivity index (χ0) is 25.7. The Kier molecular flexibility index (Phi) is 8.77. The summed E-state index contributed by atoms with van der Waals surface area (Å²) in [6.07, 6.45) is 8.98. The molecule has 4 rings (SSSR count). The topological polar surface area (TPSA) is 19.4 Å². The number of rotatable bonds is 8. The molecular weight excluding hydrogens is 438 g/mol. The molecule has 2 aromatic carbocycles. The molecule has 2 heterocycles. The van der Waals surface area contributed by atoms with Gasteiger partial charge in [0.05, 0.1) is 5.69 Å². The third-order valence-corrected chi connectivity index (χ3v) is 8.02. The first-order chi connectivity index (χ1) is 17.3. The molecule has 0 unspecified atom stereocenters. The third-order valence-electron chi connectivity index (χ3n) is 8.02. The summed E-state index contributed by atoms with van der Waals surface area (Å²) in [5, 5.41) is 0. The van der Waals surface area contributed by atoms with Crippen LogP contribution in [-0.4, -0.2) is 47.5 Å². The Morgan fingerprint density at radius 3 is 1.97 bits per heavy atom. The molecule has 0 amide bonds. The number of piperazine rings is 1. The second-order valence-corrected chi connectivity index (χ2v) is 10.7. The highest BCUT2D eigenvalue weighted by atomic mass is 15.3. The fourth-order valence-corrected chi connectivity index (χ4v) is 5.16. The monoisotopic (exact) mass is 481 g/mol. The van der Waals surface area contributed by atoms with Crippen LogP contribution < -0.4 is 0 Å². The maximum atomic E-state index is 4.67. The lowest BCUT2D eigenvalue weighted by Gasteiger charge is -2.34. The van der Waals surface area contributed by atoms with E-state index >= 15 is 0 Å². The molecule has 0 aliphatic carbocycles. The lowest BCUT2D eigenvalue weighted by atomic mass is 9.98. The van der Waals surface area contributed by atoms with Gasteiger partial charge in [-0.25, -0.2) is 0 Å². The van der Waals surface area contributed by atoms with E-state index < -0.39 is 0 Å². The fourth-order valence-electron chi connectivity index (χ4n) is 5.16. The molecule has 0 spiro atoms. The largest absolute Gasteiger partial charge is 0.301 e. The Hall–Kier alpha value is -2.75. The minimum Gasteiger partial charge on any atom is -0.301 e. The summed E-state index contributed by atoms with van der Waals surface area (Å²) < 4.78 is 0. The lowest BCUT2D eigenvalue weighted by molar-refractivity contribution is 0.126. The number of allylic oxidation sites excluding steroid dienone is 1. The van der Waals surface area contributed by atoms with Crippen LogP contribution in [0.2, 0.25) is 0 Å². The number of aryl methyl sites for hydroxylation is 4. The van der Waals surface area contributed by atoms with Gasteiger partial charge in [-0.2, -0.15) is 0 Å². The zero-order valence-electron chi connectivity index (χ0n) is 23.2. The van der Waals surface area contributed by atoms with Gasteiger partial charge in [-0.15, -0.1) is 0 Å². The lowest BCUT2D eigenvalue weighted by Crippen LogP contribution is -2.46. The smallest absolute Gasteiger partial charge is 0.0705 e. The van der Waals surface area contributed by atoms with Crippen LogP contribution in [0.4, 0.5) is 0 Å². The number of unbranched alkanes of at least 4 members (excludes halogenated alkanes) is 1. The molecule has 0 atom stereocenters. The SMILES string of the molecule is Cc1cc(/C=C/CCCN2CCN(Cc3ccnc(-c4cc(C)c(C)c(C)c4)c3)CC2)cc(C)c1C. The minimum absolute atomic E-state index is 1.01.